The predicted molar refractivity (Wildman–Crippen MR) is 130 cm³/mol. The number of thiazole rings is 1. The van der Waals surface area contributed by atoms with Crippen LogP contribution in [0, 0.1) is 6.92 Å². The highest BCUT2D eigenvalue weighted by molar-refractivity contribution is 7.09. The number of aryl methyl sites for hydroxylation is 1. The molecule has 1 aliphatic carbocycles. The van der Waals surface area contributed by atoms with Gasteiger partial charge in [-0.1, -0.05) is 66.5 Å². The molecular weight excluding hydrogens is 372 g/mol. The van der Waals surface area contributed by atoms with Gasteiger partial charge in [0.25, 0.3) is 0 Å². The number of nitrogens with one attached hydrogen (secondary N) is 1. The molecule has 1 aliphatic rings. The van der Waals surface area contributed by atoms with E-state index in [4.69, 9.17) is 0 Å². The minimum atomic E-state index is 0.270. The maximum atomic E-state index is 4.63. The van der Waals surface area contributed by atoms with Gasteiger partial charge < -0.3 is 5.32 Å². The third-order valence-corrected chi connectivity index (χ3v) is 7.22. The minimum absolute atomic E-state index is 0.270. The van der Waals surface area contributed by atoms with Crippen molar-refractivity contribution in [2.45, 2.75) is 104 Å². The molecule has 2 aromatic rings. The number of benzene rings is 1. The fraction of sp³-hybridized carbons (Fsp3) is 0.654. The van der Waals surface area contributed by atoms with E-state index in [9.17, 15) is 0 Å². The van der Waals surface area contributed by atoms with E-state index in [-0.39, 0.29) is 5.41 Å². The third kappa shape index (κ3) is 6.15. The monoisotopic (exact) mass is 414 g/mol. The van der Waals surface area contributed by atoms with Crippen LogP contribution in [0.25, 0.3) is 11.3 Å². The van der Waals surface area contributed by atoms with Crippen molar-refractivity contribution >= 4 is 11.3 Å². The van der Waals surface area contributed by atoms with Crippen molar-refractivity contribution in [1.82, 2.24) is 10.3 Å². The van der Waals surface area contributed by atoms with Crippen molar-refractivity contribution in [1.29, 1.82) is 0 Å². The van der Waals surface area contributed by atoms with Gasteiger partial charge >= 0.3 is 0 Å². The van der Waals surface area contributed by atoms with Gasteiger partial charge in [0.2, 0.25) is 0 Å². The molecule has 0 saturated carbocycles. The van der Waals surface area contributed by atoms with Crippen LogP contribution in [0.4, 0.5) is 0 Å². The summed E-state index contributed by atoms with van der Waals surface area (Å²) >= 11 is 1.73. The number of hydrogen-bond donors (Lipinski definition) is 1. The van der Waals surface area contributed by atoms with Gasteiger partial charge in [0, 0.05) is 17.0 Å². The number of fused-ring (bicyclic) bond motifs is 1. The molecule has 0 saturated heterocycles. The topological polar surface area (TPSA) is 24.9 Å². The predicted octanol–water partition coefficient (Wildman–Crippen LogP) is 7.64. The Bertz CT molecular complexity index is 767. The Kier molecular flexibility index (Phi) is 8.48. The molecule has 0 fully saturated rings. The number of rotatable bonds is 6. The molecule has 0 bridgehead atoms. The molecule has 3 heteroatoms. The summed E-state index contributed by atoms with van der Waals surface area (Å²) in [5, 5.41) is 6.60. The average molecular weight is 415 g/mol. The van der Waals surface area contributed by atoms with Crippen LogP contribution in [0.3, 0.4) is 0 Å². The number of hydrogen-bond acceptors (Lipinski definition) is 3. The largest absolute Gasteiger partial charge is 0.317 e. The lowest BCUT2D eigenvalue weighted by Gasteiger charge is -2.42. The second-order valence-corrected chi connectivity index (χ2v) is 10.9. The Morgan fingerprint density at radius 1 is 1.00 bits per heavy atom. The van der Waals surface area contributed by atoms with E-state index < -0.39 is 0 Å². The van der Waals surface area contributed by atoms with Crippen LogP contribution in [0.2, 0.25) is 0 Å². The lowest BCUT2D eigenvalue weighted by Crippen LogP contribution is -2.33. The van der Waals surface area contributed by atoms with Gasteiger partial charge in [-0.3, -0.25) is 0 Å². The zero-order chi connectivity index (χ0) is 21.7. The van der Waals surface area contributed by atoms with E-state index >= 15 is 0 Å². The first-order valence-corrected chi connectivity index (χ1v) is 12.3. The van der Waals surface area contributed by atoms with Crippen molar-refractivity contribution < 1.29 is 0 Å². The molecule has 2 nitrogen and oxygen atoms in total. The van der Waals surface area contributed by atoms with E-state index in [0.29, 0.717) is 5.41 Å². The fourth-order valence-electron chi connectivity index (χ4n) is 4.37. The van der Waals surface area contributed by atoms with Gasteiger partial charge in [-0.05, 0) is 67.7 Å². The van der Waals surface area contributed by atoms with E-state index in [1.54, 1.807) is 11.3 Å². The molecule has 1 N–H and O–H groups in total. The summed E-state index contributed by atoms with van der Waals surface area (Å²) in [6.07, 6.45) is 7.76. The Morgan fingerprint density at radius 3 is 2.07 bits per heavy atom. The maximum absolute atomic E-state index is 4.63. The first-order valence-electron chi connectivity index (χ1n) is 11.4. The summed E-state index contributed by atoms with van der Waals surface area (Å²) < 4.78 is 0. The van der Waals surface area contributed by atoms with Gasteiger partial charge in [0.15, 0.2) is 0 Å². The maximum Gasteiger partial charge on any atom is 0.0901 e. The quantitative estimate of drug-likeness (QED) is 0.525. The Hall–Kier alpha value is -1.19. The molecule has 0 atom stereocenters. The van der Waals surface area contributed by atoms with Crippen molar-refractivity contribution in [3.05, 3.63) is 39.7 Å². The molecule has 0 aliphatic heterocycles. The van der Waals surface area contributed by atoms with E-state index in [0.717, 1.165) is 16.7 Å². The zero-order valence-electron chi connectivity index (χ0n) is 20.0. The van der Waals surface area contributed by atoms with Gasteiger partial charge in [0.05, 0.1) is 10.7 Å². The van der Waals surface area contributed by atoms with Crippen LogP contribution in [0.15, 0.2) is 23.6 Å². The second kappa shape index (κ2) is 10.2. The van der Waals surface area contributed by atoms with Crippen LogP contribution >= 0.6 is 11.3 Å². The number of nitrogens with zero attached hydrogens (tertiary/aromatic N) is 1. The van der Waals surface area contributed by atoms with Crippen LogP contribution in [0.1, 0.15) is 96.2 Å². The molecule has 162 valence electrons. The van der Waals surface area contributed by atoms with E-state index in [1.165, 1.54) is 55.2 Å². The van der Waals surface area contributed by atoms with Gasteiger partial charge in [-0.2, -0.15) is 0 Å². The second-order valence-electron chi connectivity index (χ2n) is 9.84. The van der Waals surface area contributed by atoms with Crippen molar-refractivity contribution in [2.75, 3.05) is 7.05 Å². The highest BCUT2D eigenvalue weighted by atomic mass is 32.1. The van der Waals surface area contributed by atoms with Crippen LogP contribution in [0.5, 0.6) is 0 Å². The summed E-state index contributed by atoms with van der Waals surface area (Å²) in [4.78, 5) is 4.63. The third-order valence-electron chi connectivity index (χ3n) is 6.45. The molecule has 1 aromatic heterocycles. The van der Waals surface area contributed by atoms with Gasteiger partial charge in [-0.25, -0.2) is 4.98 Å². The lowest BCUT2D eigenvalue weighted by molar-refractivity contribution is 0.332. The van der Waals surface area contributed by atoms with Crippen molar-refractivity contribution in [3.63, 3.8) is 0 Å². The molecule has 0 amide bonds. The zero-order valence-corrected chi connectivity index (χ0v) is 20.8. The summed E-state index contributed by atoms with van der Waals surface area (Å²) in [5.41, 5.74) is 5.97. The molecular formula is C26H42N2S. The summed E-state index contributed by atoms with van der Waals surface area (Å²) in [7, 11) is 2.05. The molecule has 3 rings (SSSR count). The summed E-state index contributed by atoms with van der Waals surface area (Å²) in [6.45, 7) is 16.0. The van der Waals surface area contributed by atoms with Gasteiger partial charge in [0.1, 0.15) is 0 Å². The average Bonchev–Trinajstić information content (AvgIpc) is 3.12. The highest BCUT2D eigenvalue weighted by Gasteiger charge is 2.37. The Labute approximate surface area is 183 Å². The first kappa shape index (κ1) is 24.1. The molecule has 1 aromatic carbocycles. The fourth-order valence-corrected chi connectivity index (χ4v) is 5.00. The summed E-state index contributed by atoms with van der Waals surface area (Å²) in [6, 6.07) is 7.72. The van der Waals surface area contributed by atoms with Crippen LogP contribution in [-0.4, -0.2) is 18.1 Å². The minimum Gasteiger partial charge on any atom is -0.317 e. The molecule has 0 spiro atoms. The molecule has 29 heavy (non-hydrogen) atoms. The van der Waals surface area contributed by atoms with Crippen molar-refractivity contribution in [3.8, 4) is 11.3 Å². The summed E-state index contributed by atoms with van der Waals surface area (Å²) in [5.74, 6) is 0. The van der Waals surface area contributed by atoms with E-state index in [2.05, 4.69) is 89.4 Å². The lowest BCUT2D eigenvalue weighted by atomic mass is 9.63. The molecule has 0 unspecified atom stereocenters. The first-order chi connectivity index (χ1) is 13.6. The standard InChI is InChI=1S/C18H23NS.C8H19N/c1-12-19-16(11-20-12)13-6-7-14-15(10-13)18(4,5)9-8-17(14,2)3;1-4-6-8(9-3)7-5-2/h6-7,10-11H,8-9H2,1-5H3;8-9H,4-7H2,1-3H3. The van der Waals surface area contributed by atoms with Gasteiger partial charge in [-0.15, -0.1) is 11.3 Å². The molecule has 0 radical (unpaired) electrons. The Morgan fingerprint density at radius 2 is 1.59 bits per heavy atom. The van der Waals surface area contributed by atoms with E-state index in [1.807, 2.05) is 0 Å². The van der Waals surface area contributed by atoms with Crippen LogP contribution < -0.4 is 5.32 Å². The van der Waals surface area contributed by atoms with Crippen LogP contribution in [-0.2, 0) is 10.8 Å². The normalized spacial score (nSPS) is 16.9. The smallest absolute Gasteiger partial charge is 0.0901 e. The SMILES string of the molecule is CCCC(CCC)NC.Cc1nc(-c2ccc3c(c2)C(C)(C)CCC3(C)C)cs1. The molecule has 1 heterocycles. The van der Waals surface area contributed by atoms with Crippen molar-refractivity contribution in [2.24, 2.45) is 0 Å². The highest BCUT2D eigenvalue weighted by Crippen LogP contribution is 2.46. The Balaban J connectivity index is 0.000000284. The number of aromatic nitrogens is 1.